The van der Waals surface area contributed by atoms with Crippen LogP contribution in [-0.4, -0.2) is 32.5 Å². The second kappa shape index (κ2) is 8.01. The number of carbonyl (C=O) groups is 1. The highest BCUT2D eigenvalue weighted by Gasteiger charge is 2.24. The van der Waals surface area contributed by atoms with Crippen LogP contribution in [0.5, 0.6) is 0 Å². The third-order valence-electron chi connectivity index (χ3n) is 3.45. The molecule has 7 heteroatoms. The molecule has 2 rings (SSSR count). The Morgan fingerprint density at radius 3 is 2.65 bits per heavy atom. The number of hydrogen-bond acceptors (Lipinski definition) is 4. The van der Waals surface area contributed by atoms with Crippen LogP contribution in [0.15, 0.2) is 40.3 Å². The van der Waals surface area contributed by atoms with Crippen molar-refractivity contribution in [3.05, 3.63) is 40.8 Å². The standard InChI is InChI=1S/C16H22N4O2S/c1-4-11-20-15(22)17-18-16(20)23-12(3)14(21)19(5-2)13-9-7-6-8-10-13/h6-10,12H,4-5,11H2,1-3H3,(H,17,22). The molecule has 6 nitrogen and oxygen atoms in total. The molecule has 0 aliphatic carbocycles. The molecule has 2 aromatic rings. The number of benzene rings is 1. The number of para-hydroxylation sites is 1. The summed E-state index contributed by atoms with van der Waals surface area (Å²) < 4.78 is 1.58. The van der Waals surface area contributed by atoms with Gasteiger partial charge >= 0.3 is 5.69 Å². The maximum Gasteiger partial charge on any atom is 0.343 e. The zero-order valence-corrected chi connectivity index (χ0v) is 14.5. The number of carbonyl (C=O) groups excluding carboxylic acids is 1. The van der Waals surface area contributed by atoms with Crippen LogP contribution in [-0.2, 0) is 11.3 Å². The van der Waals surface area contributed by atoms with E-state index < -0.39 is 0 Å². The van der Waals surface area contributed by atoms with Crippen LogP contribution in [0.1, 0.15) is 27.2 Å². The monoisotopic (exact) mass is 334 g/mol. The maximum absolute atomic E-state index is 12.7. The van der Waals surface area contributed by atoms with Crippen LogP contribution in [0, 0.1) is 0 Å². The van der Waals surface area contributed by atoms with Crippen molar-refractivity contribution in [3.63, 3.8) is 0 Å². The zero-order chi connectivity index (χ0) is 16.8. The molecule has 0 aliphatic rings. The van der Waals surface area contributed by atoms with Gasteiger partial charge in [0.25, 0.3) is 0 Å². The van der Waals surface area contributed by atoms with Crippen molar-refractivity contribution in [3.8, 4) is 0 Å². The van der Waals surface area contributed by atoms with Gasteiger partial charge in [-0.25, -0.2) is 9.89 Å². The number of anilines is 1. The molecule has 0 fully saturated rings. The molecular formula is C16H22N4O2S. The Bertz CT molecular complexity index is 696. The van der Waals surface area contributed by atoms with Gasteiger partial charge in [-0.3, -0.25) is 9.36 Å². The molecule has 0 aliphatic heterocycles. The average Bonchev–Trinajstić information content (AvgIpc) is 2.90. The number of aromatic nitrogens is 3. The van der Waals surface area contributed by atoms with E-state index in [0.29, 0.717) is 18.2 Å². The first kappa shape index (κ1) is 17.3. The molecule has 1 unspecified atom stereocenters. The largest absolute Gasteiger partial charge is 0.343 e. The smallest absolute Gasteiger partial charge is 0.312 e. The van der Waals surface area contributed by atoms with Gasteiger partial charge in [0, 0.05) is 18.8 Å². The van der Waals surface area contributed by atoms with Crippen molar-refractivity contribution in [2.45, 2.75) is 44.1 Å². The normalized spacial score (nSPS) is 12.1. The number of rotatable bonds is 7. The number of amides is 1. The fourth-order valence-electron chi connectivity index (χ4n) is 2.32. The Morgan fingerprint density at radius 1 is 1.35 bits per heavy atom. The summed E-state index contributed by atoms with van der Waals surface area (Å²) in [4.78, 5) is 26.2. The fourth-order valence-corrected chi connectivity index (χ4v) is 3.26. The number of H-pyrrole nitrogens is 1. The third-order valence-corrected chi connectivity index (χ3v) is 4.53. The minimum atomic E-state index is -0.332. The van der Waals surface area contributed by atoms with Crippen LogP contribution >= 0.6 is 11.8 Å². The Hall–Kier alpha value is -2.02. The number of nitrogens with zero attached hydrogens (tertiary/aromatic N) is 3. The van der Waals surface area contributed by atoms with E-state index in [1.807, 2.05) is 51.1 Å². The molecule has 23 heavy (non-hydrogen) atoms. The Morgan fingerprint density at radius 2 is 2.04 bits per heavy atom. The highest BCUT2D eigenvalue weighted by molar-refractivity contribution is 8.00. The first-order valence-electron chi connectivity index (χ1n) is 7.76. The Labute approximate surface area is 139 Å². The van der Waals surface area contributed by atoms with Crippen LogP contribution in [0.25, 0.3) is 0 Å². The lowest BCUT2D eigenvalue weighted by atomic mass is 10.2. The minimum Gasteiger partial charge on any atom is -0.312 e. The number of nitrogens with one attached hydrogen (secondary N) is 1. The van der Waals surface area contributed by atoms with Gasteiger partial charge in [-0.05, 0) is 32.4 Å². The van der Waals surface area contributed by atoms with Crippen LogP contribution < -0.4 is 10.6 Å². The van der Waals surface area contributed by atoms with Gasteiger partial charge in [-0.2, -0.15) is 0 Å². The van der Waals surface area contributed by atoms with E-state index in [2.05, 4.69) is 10.2 Å². The molecule has 1 aromatic carbocycles. The third kappa shape index (κ3) is 4.04. The van der Waals surface area contributed by atoms with Crippen LogP contribution in [0.2, 0.25) is 0 Å². The molecule has 0 saturated heterocycles. The van der Waals surface area contributed by atoms with Gasteiger partial charge in [0.05, 0.1) is 5.25 Å². The summed E-state index contributed by atoms with van der Waals surface area (Å²) >= 11 is 1.31. The zero-order valence-electron chi connectivity index (χ0n) is 13.7. The van der Waals surface area contributed by atoms with Crippen LogP contribution in [0.4, 0.5) is 5.69 Å². The van der Waals surface area contributed by atoms with Crippen molar-refractivity contribution in [1.29, 1.82) is 0 Å². The highest BCUT2D eigenvalue weighted by atomic mass is 32.2. The van der Waals surface area contributed by atoms with Crippen molar-refractivity contribution < 1.29 is 4.79 Å². The van der Waals surface area contributed by atoms with Crippen LogP contribution in [0.3, 0.4) is 0 Å². The SMILES string of the molecule is CCCn1c(SC(C)C(=O)N(CC)c2ccccc2)n[nH]c1=O. The first-order chi connectivity index (χ1) is 11.1. The number of hydrogen-bond donors (Lipinski definition) is 1. The molecule has 1 aromatic heterocycles. The second-order valence-corrected chi connectivity index (χ2v) is 6.45. The summed E-state index contributed by atoms with van der Waals surface area (Å²) in [6.07, 6.45) is 0.834. The van der Waals surface area contributed by atoms with Gasteiger partial charge in [0.2, 0.25) is 5.91 Å². The van der Waals surface area contributed by atoms with E-state index in [1.54, 1.807) is 9.47 Å². The highest BCUT2D eigenvalue weighted by Crippen LogP contribution is 2.24. The lowest BCUT2D eigenvalue weighted by Gasteiger charge is -2.24. The molecule has 1 N–H and O–H groups in total. The van der Waals surface area contributed by atoms with Gasteiger partial charge in [0.15, 0.2) is 5.16 Å². The summed E-state index contributed by atoms with van der Waals surface area (Å²) in [6.45, 7) is 6.97. The van der Waals surface area contributed by atoms with Crippen molar-refractivity contribution >= 4 is 23.4 Å². The van der Waals surface area contributed by atoms with E-state index >= 15 is 0 Å². The van der Waals surface area contributed by atoms with E-state index in [9.17, 15) is 9.59 Å². The molecule has 1 atom stereocenters. The molecular weight excluding hydrogens is 312 g/mol. The maximum atomic E-state index is 12.7. The molecule has 0 bridgehead atoms. The average molecular weight is 334 g/mol. The summed E-state index contributed by atoms with van der Waals surface area (Å²) in [7, 11) is 0. The molecule has 1 amide bonds. The summed E-state index contributed by atoms with van der Waals surface area (Å²) in [5.41, 5.74) is 0.643. The van der Waals surface area contributed by atoms with E-state index in [1.165, 1.54) is 11.8 Å². The van der Waals surface area contributed by atoms with Crippen molar-refractivity contribution in [2.24, 2.45) is 0 Å². The Balaban J connectivity index is 2.15. The number of thioether (sulfide) groups is 1. The quantitative estimate of drug-likeness (QED) is 0.790. The fraction of sp³-hybridized carbons (Fsp3) is 0.438. The molecule has 1 heterocycles. The summed E-state index contributed by atoms with van der Waals surface area (Å²) in [6, 6.07) is 9.58. The lowest BCUT2D eigenvalue weighted by Crippen LogP contribution is -2.36. The Kier molecular flexibility index (Phi) is 6.04. The van der Waals surface area contributed by atoms with Crippen molar-refractivity contribution in [2.75, 3.05) is 11.4 Å². The molecule has 0 radical (unpaired) electrons. The van der Waals surface area contributed by atoms with E-state index in [0.717, 1.165) is 12.1 Å². The summed E-state index contributed by atoms with van der Waals surface area (Å²) in [5, 5.41) is 6.71. The van der Waals surface area contributed by atoms with E-state index in [4.69, 9.17) is 0 Å². The lowest BCUT2D eigenvalue weighted by molar-refractivity contribution is -0.117. The first-order valence-corrected chi connectivity index (χ1v) is 8.64. The minimum absolute atomic E-state index is 0.00203. The van der Waals surface area contributed by atoms with Gasteiger partial charge in [-0.15, -0.1) is 5.10 Å². The second-order valence-electron chi connectivity index (χ2n) is 5.14. The van der Waals surface area contributed by atoms with E-state index in [-0.39, 0.29) is 16.8 Å². The van der Waals surface area contributed by atoms with Gasteiger partial charge < -0.3 is 4.90 Å². The molecule has 0 saturated carbocycles. The van der Waals surface area contributed by atoms with Crippen molar-refractivity contribution in [1.82, 2.24) is 14.8 Å². The number of aromatic amines is 1. The molecule has 124 valence electrons. The topological polar surface area (TPSA) is 71.0 Å². The predicted octanol–water partition coefficient (Wildman–Crippen LogP) is 2.52. The summed E-state index contributed by atoms with van der Waals surface area (Å²) in [5.74, 6) is 0.00203. The van der Waals surface area contributed by atoms with Gasteiger partial charge in [-0.1, -0.05) is 36.9 Å². The predicted molar refractivity (Wildman–Crippen MR) is 92.9 cm³/mol. The van der Waals surface area contributed by atoms with Gasteiger partial charge in [0.1, 0.15) is 0 Å². The molecule has 0 spiro atoms.